The van der Waals surface area contributed by atoms with Gasteiger partial charge in [0, 0.05) is 36.8 Å². The molecular formula is C23H28N4O4S2. The summed E-state index contributed by atoms with van der Waals surface area (Å²) in [6.45, 7) is 9.84. The lowest BCUT2D eigenvalue weighted by molar-refractivity contribution is 0.102. The molecule has 1 aromatic carbocycles. The molecule has 0 radical (unpaired) electrons. The van der Waals surface area contributed by atoms with Crippen molar-refractivity contribution in [1.29, 1.82) is 0 Å². The Hall–Kier alpha value is -2.69. The molecule has 0 spiro atoms. The highest BCUT2D eigenvalue weighted by Gasteiger charge is 2.24. The summed E-state index contributed by atoms with van der Waals surface area (Å²) in [5.41, 5.74) is 3.20. The quantitative estimate of drug-likeness (QED) is 0.440. The lowest BCUT2D eigenvalue weighted by Gasteiger charge is -2.20. The van der Waals surface area contributed by atoms with Gasteiger partial charge in [-0.15, -0.1) is 0 Å². The first kappa shape index (κ1) is 24.9. The van der Waals surface area contributed by atoms with Crippen molar-refractivity contribution in [1.82, 2.24) is 14.4 Å². The van der Waals surface area contributed by atoms with Gasteiger partial charge in [-0.05, 0) is 56.2 Å². The Morgan fingerprint density at radius 2 is 1.88 bits per heavy atom. The summed E-state index contributed by atoms with van der Waals surface area (Å²) < 4.78 is 32.5. The molecule has 8 nitrogen and oxygen atoms in total. The zero-order valence-corrected chi connectivity index (χ0v) is 21.0. The van der Waals surface area contributed by atoms with Crippen molar-refractivity contribution < 1.29 is 17.7 Å². The number of nitrogens with one attached hydrogen (secondary N) is 1. The monoisotopic (exact) mass is 488 g/mol. The Kier molecular flexibility index (Phi) is 7.93. The zero-order chi connectivity index (χ0) is 24.2. The van der Waals surface area contributed by atoms with Gasteiger partial charge in [-0.1, -0.05) is 30.8 Å². The van der Waals surface area contributed by atoms with Crippen LogP contribution in [0.1, 0.15) is 46.8 Å². The topological polar surface area (TPSA) is 105 Å². The fourth-order valence-corrected chi connectivity index (χ4v) is 5.76. The summed E-state index contributed by atoms with van der Waals surface area (Å²) in [4.78, 5) is 17.7. The van der Waals surface area contributed by atoms with E-state index in [9.17, 15) is 13.2 Å². The maximum absolute atomic E-state index is 13.2. The number of sulfonamides is 1. The number of pyridine rings is 1. The van der Waals surface area contributed by atoms with Gasteiger partial charge in [-0.3, -0.25) is 4.79 Å². The molecular weight excluding hydrogens is 460 g/mol. The lowest BCUT2D eigenvalue weighted by atomic mass is 10.1. The minimum atomic E-state index is -3.66. The largest absolute Gasteiger partial charge is 0.361 e. The van der Waals surface area contributed by atoms with Crippen molar-refractivity contribution in [3.63, 3.8) is 0 Å². The smallest absolute Gasteiger partial charge is 0.258 e. The molecule has 0 unspecified atom stereocenters. The minimum Gasteiger partial charge on any atom is -0.361 e. The van der Waals surface area contributed by atoms with Gasteiger partial charge in [-0.2, -0.15) is 4.31 Å². The highest BCUT2D eigenvalue weighted by Crippen LogP contribution is 2.28. The Bertz CT molecular complexity index is 1250. The zero-order valence-electron chi connectivity index (χ0n) is 19.4. The van der Waals surface area contributed by atoms with E-state index in [0.717, 1.165) is 22.6 Å². The Morgan fingerprint density at radius 3 is 2.52 bits per heavy atom. The molecule has 0 aliphatic carbocycles. The van der Waals surface area contributed by atoms with Crippen LogP contribution < -0.4 is 5.32 Å². The molecule has 10 heteroatoms. The number of aromatic nitrogens is 2. The van der Waals surface area contributed by atoms with Crippen molar-refractivity contribution in [3.05, 3.63) is 64.7 Å². The van der Waals surface area contributed by atoms with Crippen LogP contribution in [0.5, 0.6) is 0 Å². The van der Waals surface area contributed by atoms with Gasteiger partial charge >= 0.3 is 0 Å². The molecule has 2 aromatic heterocycles. The second-order valence-electron chi connectivity index (χ2n) is 7.53. The van der Waals surface area contributed by atoms with Gasteiger partial charge in [-0.25, -0.2) is 13.4 Å². The van der Waals surface area contributed by atoms with E-state index in [1.165, 1.54) is 22.1 Å². The van der Waals surface area contributed by atoms with Crippen molar-refractivity contribution in [2.45, 2.75) is 50.3 Å². The van der Waals surface area contributed by atoms with Crippen molar-refractivity contribution >= 4 is 33.4 Å². The van der Waals surface area contributed by atoms with Crippen LogP contribution >= 0.6 is 11.8 Å². The first-order valence-electron chi connectivity index (χ1n) is 10.6. The maximum atomic E-state index is 13.2. The summed E-state index contributed by atoms with van der Waals surface area (Å²) in [5, 5.41) is 7.41. The third-order valence-electron chi connectivity index (χ3n) is 5.28. The Balaban J connectivity index is 1.88. The third kappa shape index (κ3) is 5.63. The third-order valence-corrected chi connectivity index (χ3v) is 8.35. The number of hydrogen-bond donors (Lipinski definition) is 1. The Labute approximate surface area is 198 Å². The van der Waals surface area contributed by atoms with Crippen LogP contribution in [-0.4, -0.2) is 41.9 Å². The molecule has 1 N–H and O–H groups in total. The average molecular weight is 489 g/mol. The molecule has 1 amide bonds. The molecule has 3 aromatic rings. The van der Waals surface area contributed by atoms with E-state index in [-0.39, 0.29) is 10.8 Å². The summed E-state index contributed by atoms with van der Waals surface area (Å²) >= 11 is 1.38. The first-order chi connectivity index (χ1) is 15.7. The predicted octanol–water partition coefficient (Wildman–Crippen LogP) is 4.57. The molecule has 0 saturated carbocycles. The molecule has 0 fully saturated rings. The molecule has 176 valence electrons. The summed E-state index contributed by atoms with van der Waals surface area (Å²) in [6.07, 6.45) is 1.62. The van der Waals surface area contributed by atoms with Crippen LogP contribution in [0.3, 0.4) is 0 Å². The predicted molar refractivity (Wildman–Crippen MR) is 129 cm³/mol. The second-order valence-corrected chi connectivity index (χ2v) is 10.4. The van der Waals surface area contributed by atoms with Gasteiger partial charge in [0.15, 0.2) is 0 Å². The van der Waals surface area contributed by atoms with Crippen LogP contribution in [0.15, 0.2) is 51.0 Å². The van der Waals surface area contributed by atoms with Gasteiger partial charge in [0.05, 0.1) is 16.2 Å². The van der Waals surface area contributed by atoms with Crippen molar-refractivity contribution in [3.8, 4) is 0 Å². The number of benzene rings is 1. The van der Waals surface area contributed by atoms with Crippen LogP contribution in [-0.2, 0) is 15.8 Å². The highest BCUT2D eigenvalue weighted by atomic mass is 32.2. The number of rotatable bonds is 9. The molecule has 0 atom stereocenters. The summed E-state index contributed by atoms with van der Waals surface area (Å²) in [5.74, 6) is 0.862. The second kappa shape index (κ2) is 10.5. The van der Waals surface area contributed by atoms with Gasteiger partial charge in [0.25, 0.3) is 5.91 Å². The minimum absolute atomic E-state index is 0.159. The SMILES string of the molecule is CCN(CC)S(=O)(=O)c1cc(C)c(C)c(NC(=O)c2cccnc2SCc2cc(C)on2)c1. The first-order valence-corrected chi connectivity index (χ1v) is 13.0. The standard InChI is InChI=1S/C23H28N4O4S2/c1-6-27(7-2)33(29,30)19-11-15(3)17(5)21(13-19)25-22(28)20-9-8-10-24-23(20)32-14-18-12-16(4)31-26-18/h8-13H,6-7,14H2,1-5H3,(H,25,28). The van der Waals surface area contributed by atoms with Gasteiger partial charge in [0.1, 0.15) is 10.8 Å². The average Bonchev–Trinajstić information content (AvgIpc) is 3.21. The molecule has 3 rings (SSSR count). The number of anilines is 1. The number of hydrogen-bond acceptors (Lipinski definition) is 7. The Morgan fingerprint density at radius 1 is 1.15 bits per heavy atom. The van der Waals surface area contributed by atoms with E-state index in [1.807, 2.05) is 26.8 Å². The van der Waals surface area contributed by atoms with E-state index in [1.54, 1.807) is 38.2 Å². The molecule has 0 aliphatic rings. The van der Waals surface area contributed by atoms with Gasteiger partial charge < -0.3 is 9.84 Å². The molecule has 33 heavy (non-hydrogen) atoms. The molecule has 0 bridgehead atoms. The normalized spacial score (nSPS) is 11.7. The summed E-state index contributed by atoms with van der Waals surface area (Å²) in [7, 11) is -3.66. The van der Waals surface area contributed by atoms with E-state index in [2.05, 4.69) is 15.5 Å². The maximum Gasteiger partial charge on any atom is 0.258 e. The molecule has 2 heterocycles. The van der Waals surface area contributed by atoms with E-state index >= 15 is 0 Å². The number of aryl methyl sites for hydroxylation is 2. The number of thioether (sulfide) groups is 1. The van der Waals surface area contributed by atoms with Gasteiger partial charge in [0.2, 0.25) is 10.0 Å². The van der Waals surface area contributed by atoms with Crippen LogP contribution in [0.4, 0.5) is 5.69 Å². The number of nitrogens with zero attached hydrogens (tertiary/aromatic N) is 3. The lowest BCUT2D eigenvalue weighted by Crippen LogP contribution is -2.30. The van der Waals surface area contributed by atoms with Crippen molar-refractivity contribution in [2.75, 3.05) is 18.4 Å². The fraction of sp³-hybridized carbons (Fsp3) is 0.348. The molecule has 0 saturated heterocycles. The van der Waals surface area contributed by atoms with E-state index in [0.29, 0.717) is 35.1 Å². The van der Waals surface area contributed by atoms with Crippen LogP contribution in [0.25, 0.3) is 0 Å². The van der Waals surface area contributed by atoms with Crippen LogP contribution in [0, 0.1) is 20.8 Å². The van der Waals surface area contributed by atoms with E-state index in [4.69, 9.17) is 4.52 Å². The molecule has 0 aliphatic heterocycles. The summed E-state index contributed by atoms with van der Waals surface area (Å²) in [6, 6.07) is 8.39. The van der Waals surface area contributed by atoms with Crippen molar-refractivity contribution in [2.24, 2.45) is 0 Å². The van der Waals surface area contributed by atoms with Crippen LogP contribution in [0.2, 0.25) is 0 Å². The van der Waals surface area contributed by atoms with E-state index < -0.39 is 10.0 Å². The number of carbonyl (C=O) groups excluding carboxylic acids is 1. The highest BCUT2D eigenvalue weighted by molar-refractivity contribution is 7.98. The number of amides is 1. The number of carbonyl (C=O) groups is 1. The fourth-order valence-electron chi connectivity index (χ4n) is 3.31.